The first-order valence-corrected chi connectivity index (χ1v) is 5.88. The maximum atomic E-state index is 5.88. The van der Waals surface area contributed by atoms with Crippen molar-refractivity contribution in [1.82, 2.24) is 14.5 Å². The van der Waals surface area contributed by atoms with Crippen LogP contribution in [-0.4, -0.2) is 41.5 Å². The lowest BCUT2D eigenvalue weighted by atomic mass is 10.3. The second kappa shape index (κ2) is 5.79. The van der Waals surface area contributed by atoms with Crippen molar-refractivity contribution in [1.29, 1.82) is 0 Å². The topological polar surface area (TPSA) is 75.2 Å². The summed E-state index contributed by atoms with van der Waals surface area (Å²) < 4.78 is 12.2. The molecule has 0 aliphatic carbocycles. The molecule has 0 aromatic carbocycles. The van der Waals surface area contributed by atoms with Gasteiger partial charge in [-0.15, -0.1) is 0 Å². The fourth-order valence-corrected chi connectivity index (χ4v) is 1.73. The highest BCUT2D eigenvalue weighted by Crippen LogP contribution is 2.15. The molecule has 6 heteroatoms. The summed E-state index contributed by atoms with van der Waals surface area (Å²) in [5, 5.41) is 0. The average molecular weight is 250 g/mol. The minimum absolute atomic E-state index is 0.471. The van der Waals surface area contributed by atoms with Crippen molar-refractivity contribution in [3.8, 4) is 0 Å². The quantitative estimate of drug-likeness (QED) is 0.774. The highest BCUT2D eigenvalue weighted by Gasteiger charge is 2.09. The fraction of sp³-hybridized carbons (Fsp3) is 0.500. The van der Waals surface area contributed by atoms with Gasteiger partial charge in [-0.05, 0) is 19.1 Å². The number of nitrogen functional groups attached to an aromatic ring is 1. The molecule has 0 saturated carbocycles. The minimum atomic E-state index is 0.471. The van der Waals surface area contributed by atoms with E-state index in [0.717, 1.165) is 16.9 Å². The molecule has 2 rings (SSSR count). The molecule has 0 bridgehead atoms. The number of rotatable bonds is 6. The number of aromatic nitrogens is 3. The van der Waals surface area contributed by atoms with Crippen molar-refractivity contribution >= 4 is 17.1 Å². The Bertz CT molecular complexity index is 524. The van der Waals surface area contributed by atoms with E-state index in [1.165, 1.54) is 0 Å². The van der Waals surface area contributed by atoms with Crippen molar-refractivity contribution in [2.75, 3.05) is 32.7 Å². The normalized spacial score (nSPS) is 11.2. The summed E-state index contributed by atoms with van der Waals surface area (Å²) in [4.78, 5) is 8.72. The van der Waals surface area contributed by atoms with Gasteiger partial charge in [0.1, 0.15) is 5.52 Å². The lowest BCUT2D eigenvalue weighted by molar-refractivity contribution is 0.0671. The zero-order chi connectivity index (χ0) is 13.0. The third kappa shape index (κ3) is 2.77. The van der Waals surface area contributed by atoms with E-state index in [0.29, 0.717) is 32.3 Å². The molecule has 98 valence electrons. The summed E-state index contributed by atoms with van der Waals surface area (Å²) in [6, 6.07) is 3.85. The number of nitrogens with zero attached hydrogens (tertiary/aromatic N) is 3. The zero-order valence-corrected chi connectivity index (χ0v) is 10.7. The first-order chi connectivity index (χ1) is 8.72. The molecule has 0 saturated heterocycles. The van der Waals surface area contributed by atoms with E-state index in [2.05, 4.69) is 9.97 Å². The second-order valence-corrected chi connectivity index (χ2v) is 4.02. The first-order valence-electron chi connectivity index (χ1n) is 5.88. The summed E-state index contributed by atoms with van der Waals surface area (Å²) in [5.41, 5.74) is 8.45. The SMILES string of the molecule is COCCOCCn1c(N)nc2ccc(C)nc21. The molecule has 0 fully saturated rings. The van der Waals surface area contributed by atoms with Crippen LogP contribution >= 0.6 is 0 Å². The van der Waals surface area contributed by atoms with Gasteiger partial charge >= 0.3 is 0 Å². The number of imidazole rings is 1. The van der Waals surface area contributed by atoms with Gasteiger partial charge in [-0.3, -0.25) is 4.57 Å². The third-order valence-electron chi connectivity index (χ3n) is 2.65. The van der Waals surface area contributed by atoms with Crippen LogP contribution in [0.25, 0.3) is 11.2 Å². The Labute approximate surface area is 106 Å². The van der Waals surface area contributed by atoms with Crippen LogP contribution < -0.4 is 5.73 Å². The van der Waals surface area contributed by atoms with Gasteiger partial charge in [-0.2, -0.15) is 0 Å². The molecular formula is C12H18N4O2. The summed E-state index contributed by atoms with van der Waals surface area (Å²) in [5.74, 6) is 0.471. The monoisotopic (exact) mass is 250 g/mol. The molecule has 0 spiro atoms. The molecule has 6 nitrogen and oxygen atoms in total. The number of pyridine rings is 1. The lowest BCUT2D eigenvalue weighted by Crippen LogP contribution is -2.11. The number of nitrogens with two attached hydrogens (primary N) is 1. The van der Waals surface area contributed by atoms with Crippen LogP contribution in [0.5, 0.6) is 0 Å². The van der Waals surface area contributed by atoms with Crippen molar-refractivity contribution in [3.05, 3.63) is 17.8 Å². The Morgan fingerprint density at radius 2 is 2.06 bits per heavy atom. The number of aryl methyl sites for hydroxylation is 1. The van der Waals surface area contributed by atoms with Gasteiger partial charge in [0.2, 0.25) is 5.95 Å². The Morgan fingerprint density at radius 3 is 2.83 bits per heavy atom. The number of fused-ring (bicyclic) bond motifs is 1. The molecule has 0 amide bonds. The lowest BCUT2D eigenvalue weighted by Gasteiger charge is -2.07. The Hall–Kier alpha value is -1.66. The first kappa shape index (κ1) is 12.8. The Balaban J connectivity index is 2.07. The standard InChI is InChI=1S/C12H18N4O2/c1-9-3-4-10-11(14-9)16(12(13)15-10)5-6-18-8-7-17-2/h3-4H,5-8H2,1-2H3,(H2,13,15). The highest BCUT2D eigenvalue weighted by molar-refractivity contribution is 5.74. The van der Waals surface area contributed by atoms with Crippen molar-refractivity contribution in [3.63, 3.8) is 0 Å². The van der Waals surface area contributed by atoms with E-state index >= 15 is 0 Å². The average Bonchev–Trinajstić information content (AvgIpc) is 2.65. The van der Waals surface area contributed by atoms with Crippen LogP contribution in [0.3, 0.4) is 0 Å². The smallest absolute Gasteiger partial charge is 0.202 e. The van der Waals surface area contributed by atoms with Gasteiger partial charge in [-0.25, -0.2) is 9.97 Å². The van der Waals surface area contributed by atoms with E-state index in [1.54, 1.807) is 7.11 Å². The van der Waals surface area contributed by atoms with E-state index in [4.69, 9.17) is 15.2 Å². The van der Waals surface area contributed by atoms with Gasteiger partial charge < -0.3 is 15.2 Å². The van der Waals surface area contributed by atoms with Crippen LogP contribution in [0.15, 0.2) is 12.1 Å². The molecule has 2 heterocycles. The van der Waals surface area contributed by atoms with Crippen LogP contribution in [0.2, 0.25) is 0 Å². The predicted molar refractivity (Wildman–Crippen MR) is 69.4 cm³/mol. The second-order valence-electron chi connectivity index (χ2n) is 4.02. The van der Waals surface area contributed by atoms with Crippen LogP contribution in [0.1, 0.15) is 5.69 Å². The van der Waals surface area contributed by atoms with E-state index in [9.17, 15) is 0 Å². The number of ether oxygens (including phenoxy) is 2. The van der Waals surface area contributed by atoms with Gasteiger partial charge in [0.25, 0.3) is 0 Å². The fourth-order valence-electron chi connectivity index (χ4n) is 1.73. The zero-order valence-electron chi connectivity index (χ0n) is 10.7. The molecule has 0 atom stereocenters. The largest absolute Gasteiger partial charge is 0.382 e. The van der Waals surface area contributed by atoms with Gasteiger partial charge in [0.05, 0.1) is 26.4 Å². The summed E-state index contributed by atoms with van der Waals surface area (Å²) in [7, 11) is 1.65. The van der Waals surface area contributed by atoms with Crippen LogP contribution in [0, 0.1) is 6.92 Å². The van der Waals surface area contributed by atoms with Gasteiger partial charge in [-0.1, -0.05) is 0 Å². The molecular weight excluding hydrogens is 232 g/mol. The van der Waals surface area contributed by atoms with E-state index in [-0.39, 0.29) is 0 Å². The maximum absolute atomic E-state index is 5.88. The van der Waals surface area contributed by atoms with E-state index < -0.39 is 0 Å². The van der Waals surface area contributed by atoms with Crippen molar-refractivity contribution < 1.29 is 9.47 Å². The van der Waals surface area contributed by atoms with Crippen molar-refractivity contribution in [2.24, 2.45) is 0 Å². The molecule has 0 unspecified atom stereocenters. The number of methoxy groups -OCH3 is 1. The molecule has 2 aromatic rings. The van der Waals surface area contributed by atoms with Crippen LogP contribution in [0.4, 0.5) is 5.95 Å². The number of anilines is 1. The molecule has 2 aromatic heterocycles. The number of hydrogen-bond donors (Lipinski definition) is 1. The summed E-state index contributed by atoms with van der Waals surface area (Å²) in [6.45, 7) is 4.33. The Morgan fingerprint density at radius 1 is 1.22 bits per heavy atom. The van der Waals surface area contributed by atoms with Crippen molar-refractivity contribution in [2.45, 2.75) is 13.5 Å². The summed E-state index contributed by atoms with van der Waals surface area (Å²) >= 11 is 0. The summed E-state index contributed by atoms with van der Waals surface area (Å²) in [6.07, 6.45) is 0. The minimum Gasteiger partial charge on any atom is -0.382 e. The highest BCUT2D eigenvalue weighted by atomic mass is 16.5. The van der Waals surface area contributed by atoms with E-state index in [1.807, 2.05) is 23.6 Å². The Kier molecular flexibility index (Phi) is 4.11. The number of hydrogen-bond acceptors (Lipinski definition) is 5. The molecule has 18 heavy (non-hydrogen) atoms. The van der Waals surface area contributed by atoms with Crippen LogP contribution in [-0.2, 0) is 16.0 Å². The molecule has 0 radical (unpaired) electrons. The maximum Gasteiger partial charge on any atom is 0.202 e. The molecule has 0 aliphatic rings. The molecule has 2 N–H and O–H groups in total. The van der Waals surface area contributed by atoms with Gasteiger partial charge in [0.15, 0.2) is 5.65 Å². The van der Waals surface area contributed by atoms with Gasteiger partial charge in [0, 0.05) is 12.8 Å². The third-order valence-corrected chi connectivity index (χ3v) is 2.65. The molecule has 0 aliphatic heterocycles. The predicted octanol–water partition coefficient (Wildman–Crippen LogP) is 0.985.